The highest BCUT2D eigenvalue weighted by Gasteiger charge is 2.52. The first-order valence-corrected chi connectivity index (χ1v) is 15.4. The number of aliphatic hydroxyl groups excluding tert-OH is 1. The van der Waals surface area contributed by atoms with Gasteiger partial charge in [-0.3, -0.25) is 4.90 Å². The molecular formula is C32H41FN6O3. The fourth-order valence-corrected chi connectivity index (χ4v) is 8.39. The number of nitrogens with zero attached hydrogens (tertiary/aromatic N) is 5. The Labute approximate surface area is 246 Å². The molecule has 4 aliphatic heterocycles. The van der Waals surface area contributed by atoms with Gasteiger partial charge < -0.3 is 25.2 Å². The smallest absolute Gasteiger partial charge is 0.318 e. The van der Waals surface area contributed by atoms with E-state index in [2.05, 4.69) is 36.6 Å². The lowest BCUT2D eigenvalue weighted by atomic mass is 9.69. The third-order valence-electron chi connectivity index (χ3n) is 11.2. The highest BCUT2D eigenvalue weighted by atomic mass is 19.1. The number of benzene rings is 1. The molecule has 9 nitrogen and oxygen atoms in total. The number of nitrogens with two attached hydrogens (primary N) is 1. The first kappa shape index (κ1) is 27.8. The van der Waals surface area contributed by atoms with Gasteiger partial charge in [0.1, 0.15) is 30.3 Å². The summed E-state index contributed by atoms with van der Waals surface area (Å²) in [7, 11) is 0. The van der Waals surface area contributed by atoms with Crippen LogP contribution in [0.5, 0.6) is 6.01 Å². The standard InChI is InChI=1S/C32H41FN6O3/c1-19-7-9-32(27-22(19)5-6-25(35)23(27)13-34)12-26-24(17-42-32)28(39-14-20(16-40)30(39,2)3)37-29(36-26)41-18-31-8-4-10-38(31)15-21(33)11-31/h5-6,19-21,40H,4,7-12,14-18,35H2,1-3H3. The molecule has 1 aliphatic carbocycles. The summed E-state index contributed by atoms with van der Waals surface area (Å²) in [5, 5.41) is 20.1. The minimum atomic E-state index is -0.834. The van der Waals surface area contributed by atoms with Gasteiger partial charge in [0.05, 0.1) is 23.4 Å². The molecule has 224 valence electrons. The van der Waals surface area contributed by atoms with Gasteiger partial charge in [-0.05, 0) is 63.6 Å². The summed E-state index contributed by atoms with van der Waals surface area (Å²) in [5.74, 6) is 1.19. The number of nitriles is 1. The SMILES string of the molecule is CC1CCC2(Cc3nc(OCC45CCCN4CC(F)C5)nc(N4CC(CO)C4(C)C)c3CO2)c2c1ccc(N)c2C#N. The Morgan fingerprint density at radius 3 is 2.86 bits per heavy atom. The topological polar surface area (TPSA) is 121 Å². The second-order valence-corrected chi connectivity index (χ2v) is 13.8. The number of ether oxygens (including phenoxy) is 2. The summed E-state index contributed by atoms with van der Waals surface area (Å²) in [6, 6.07) is 6.53. The van der Waals surface area contributed by atoms with E-state index in [0.29, 0.717) is 62.3 Å². The number of aromatic nitrogens is 2. The number of rotatable bonds is 5. The number of anilines is 2. The molecule has 5 aliphatic rings. The van der Waals surface area contributed by atoms with E-state index in [-0.39, 0.29) is 23.6 Å². The minimum absolute atomic E-state index is 0.107. The second-order valence-electron chi connectivity index (χ2n) is 13.8. The van der Waals surface area contributed by atoms with Gasteiger partial charge in [0, 0.05) is 60.8 Å². The molecule has 5 heterocycles. The highest BCUT2D eigenvalue weighted by molar-refractivity contribution is 5.64. The Morgan fingerprint density at radius 2 is 2.10 bits per heavy atom. The van der Waals surface area contributed by atoms with Gasteiger partial charge in [-0.2, -0.15) is 15.2 Å². The average Bonchev–Trinajstić information content (AvgIpc) is 3.49. The summed E-state index contributed by atoms with van der Waals surface area (Å²) >= 11 is 0. The van der Waals surface area contributed by atoms with E-state index in [0.717, 1.165) is 60.4 Å². The molecular weight excluding hydrogens is 535 g/mol. The van der Waals surface area contributed by atoms with Crippen LogP contribution in [0.25, 0.3) is 0 Å². The van der Waals surface area contributed by atoms with Crippen LogP contribution >= 0.6 is 0 Å². The first-order chi connectivity index (χ1) is 20.1. The zero-order valence-corrected chi connectivity index (χ0v) is 24.8. The maximum absolute atomic E-state index is 14.5. The maximum Gasteiger partial charge on any atom is 0.318 e. The van der Waals surface area contributed by atoms with E-state index in [9.17, 15) is 14.8 Å². The molecule has 3 fully saturated rings. The van der Waals surface area contributed by atoms with Crippen LogP contribution in [0, 0.1) is 17.2 Å². The van der Waals surface area contributed by atoms with Crippen molar-refractivity contribution in [2.45, 2.75) is 94.7 Å². The van der Waals surface area contributed by atoms with Crippen molar-refractivity contribution in [1.82, 2.24) is 14.9 Å². The third-order valence-corrected chi connectivity index (χ3v) is 11.2. The van der Waals surface area contributed by atoms with Crippen LogP contribution in [-0.4, -0.2) is 70.1 Å². The van der Waals surface area contributed by atoms with Crippen LogP contribution < -0.4 is 15.4 Å². The lowest BCUT2D eigenvalue weighted by Gasteiger charge is -2.56. The molecule has 42 heavy (non-hydrogen) atoms. The molecule has 5 unspecified atom stereocenters. The molecule has 10 heteroatoms. The van der Waals surface area contributed by atoms with E-state index in [1.165, 1.54) is 0 Å². The van der Waals surface area contributed by atoms with E-state index in [4.69, 9.17) is 25.2 Å². The van der Waals surface area contributed by atoms with Gasteiger partial charge in [0.15, 0.2) is 0 Å². The predicted molar refractivity (Wildman–Crippen MR) is 156 cm³/mol. The van der Waals surface area contributed by atoms with Gasteiger partial charge >= 0.3 is 6.01 Å². The molecule has 0 amide bonds. The van der Waals surface area contributed by atoms with E-state index >= 15 is 0 Å². The van der Waals surface area contributed by atoms with Gasteiger partial charge in [-0.15, -0.1) is 0 Å². The summed E-state index contributed by atoms with van der Waals surface area (Å²) in [6.45, 7) is 9.22. The lowest BCUT2D eigenvalue weighted by molar-refractivity contribution is -0.0875. The Balaban J connectivity index is 1.29. The Hall–Kier alpha value is -3.00. The van der Waals surface area contributed by atoms with E-state index < -0.39 is 11.8 Å². The number of aliphatic hydroxyl groups is 1. The van der Waals surface area contributed by atoms with Crippen LogP contribution in [0.2, 0.25) is 0 Å². The Bertz CT molecular complexity index is 1460. The fraction of sp³-hybridized carbons (Fsp3) is 0.656. The molecule has 7 rings (SSSR count). The number of hydrogen-bond donors (Lipinski definition) is 2. The predicted octanol–water partition coefficient (Wildman–Crippen LogP) is 3.96. The molecule has 2 aromatic rings. The zero-order chi connectivity index (χ0) is 29.4. The Kier molecular flexibility index (Phi) is 6.46. The third kappa shape index (κ3) is 4.04. The summed E-state index contributed by atoms with van der Waals surface area (Å²) in [6.07, 6.45) is 3.76. The lowest BCUT2D eigenvalue weighted by Crippen LogP contribution is -2.66. The average molecular weight is 577 g/mol. The monoisotopic (exact) mass is 576 g/mol. The van der Waals surface area contributed by atoms with Crippen LogP contribution in [0.15, 0.2) is 12.1 Å². The molecule has 5 atom stereocenters. The molecule has 0 radical (unpaired) electrons. The highest BCUT2D eigenvalue weighted by Crippen LogP contribution is 2.52. The second kappa shape index (κ2) is 9.76. The van der Waals surface area contributed by atoms with Crippen LogP contribution in [0.1, 0.15) is 86.7 Å². The van der Waals surface area contributed by atoms with E-state index in [1.54, 1.807) is 0 Å². The van der Waals surface area contributed by atoms with Gasteiger partial charge in [-0.1, -0.05) is 13.0 Å². The van der Waals surface area contributed by atoms with Crippen molar-refractivity contribution >= 4 is 11.5 Å². The minimum Gasteiger partial charge on any atom is -0.461 e. The van der Waals surface area contributed by atoms with Gasteiger partial charge in [0.25, 0.3) is 0 Å². The fourth-order valence-electron chi connectivity index (χ4n) is 8.39. The molecule has 1 aromatic heterocycles. The number of halogens is 1. The quantitative estimate of drug-likeness (QED) is 0.510. The molecule has 1 aromatic carbocycles. The van der Waals surface area contributed by atoms with Gasteiger partial charge in [-0.25, -0.2) is 4.39 Å². The number of hydrogen-bond acceptors (Lipinski definition) is 9. The zero-order valence-electron chi connectivity index (χ0n) is 24.8. The molecule has 1 spiro atoms. The molecule has 0 bridgehead atoms. The largest absolute Gasteiger partial charge is 0.461 e. The normalized spacial score (nSPS) is 33.0. The van der Waals surface area contributed by atoms with Crippen molar-refractivity contribution in [3.63, 3.8) is 0 Å². The maximum atomic E-state index is 14.5. The number of fused-ring (bicyclic) bond motifs is 4. The summed E-state index contributed by atoms with van der Waals surface area (Å²) in [5.41, 5.74) is 9.73. The summed E-state index contributed by atoms with van der Waals surface area (Å²) < 4.78 is 27.6. The van der Waals surface area contributed by atoms with Gasteiger partial charge in [0.2, 0.25) is 0 Å². The summed E-state index contributed by atoms with van der Waals surface area (Å²) in [4.78, 5) is 14.4. The van der Waals surface area contributed by atoms with Crippen LogP contribution in [0.4, 0.5) is 15.9 Å². The number of nitrogen functional groups attached to an aromatic ring is 1. The molecule has 3 saturated heterocycles. The first-order valence-electron chi connectivity index (χ1n) is 15.4. The van der Waals surface area contributed by atoms with E-state index in [1.807, 2.05) is 12.1 Å². The van der Waals surface area contributed by atoms with Crippen molar-refractivity contribution < 1.29 is 19.0 Å². The number of alkyl halides is 1. The molecule has 0 saturated carbocycles. The van der Waals surface area contributed by atoms with Crippen molar-refractivity contribution in [2.75, 3.05) is 43.5 Å². The van der Waals surface area contributed by atoms with Crippen LogP contribution in [-0.2, 0) is 23.4 Å². The van der Waals surface area contributed by atoms with Crippen molar-refractivity contribution in [1.29, 1.82) is 5.26 Å². The van der Waals surface area contributed by atoms with Crippen LogP contribution in [0.3, 0.4) is 0 Å². The van der Waals surface area contributed by atoms with Crippen molar-refractivity contribution in [3.05, 3.63) is 40.1 Å². The Morgan fingerprint density at radius 1 is 1.26 bits per heavy atom. The van der Waals surface area contributed by atoms with Crippen molar-refractivity contribution in [2.24, 2.45) is 5.92 Å². The molecule has 3 N–H and O–H groups in total. The van der Waals surface area contributed by atoms with Crippen molar-refractivity contribution in [3.8, 4) is 12.1 Å².